The van der Waals surface area contributed by atoms with E-state index in [-0.39, 0.29) is 17.5 Å². The van der Waals surface area contributed by atoms with Crippen LogP contribution in [0.15, 0.2) is 29.2 Å². The van der Waals surface area contributed by atoms with Gasteiger partial charge in [0, 0.05) is 12.6 Å². The molecule has 1 atom stereocenters. The second-order valence-corrected chi connectivity index (χ2v) is 5.74. The summed E-state index contributed by atoms with van der Waals surface area (Å²) in [5.74, 6) is 0. The first-order valence-corrected chi connectivity index (χ1v) is 7.11. The molecule has 5 nitrogen and oxygen atoms in total. The highest BCUT2D eigenvalue weighted by atomic mass is 32.2. The van der Waals surface area contributed by atoms with E-state index in [9.17, 15) is 8.42 Å². The van der Waals surface area contributed by atoms with Crippen molar-refractivity contribution in [1.29, 1.82) is 5.26 Å². The number of benzene rings is 1. The highest BCUT2D eigenvalue weighted by Crippen LogP contribution is 2.12. The van der Waals surface area contributed by atoms with Crippen LogP contribution >= 0.6 is 0 Å². The Kier molecular flexibility index (Phi) is 5.28. The van der Waals surface area contributed by atoms with Crippen LogP contribution in [-0.2, 0) is 10.0 Å². The molecular formula is C12H16N2O3S. The number of aliphatic hydroxyl groups excluding tert-OH is 1. The summed E-state index contributed by atoms with van der Waals surface area (Å²) in [6, 6.07) is 7.51. The Morgan fingerprint density at radius 3 is 2.83 bits per heavy atom. The fourth-order valence-corrected chi connectivity index (χ4v) is 2.85. The van der Waals surface area contributed by atoms with Gasteiger partial charge in [-0.2, -0.15) is 5.26 Å². The Labute approximate surface area is 107 Å². The number of rotatable bonds is 6. The van der Waals surface area contributed by atoms with Crippen molar-refractivity contribution in [1.82, 2.24) is 4.72 Å². The molecule has 0 radical (unpaired) electrons. The van der Waals surface area contributed by atoms with Gasteiger partial charge < -0.3 is 5.11 Å². The maximum atomic E-state index is 12.0. The molecule has 0 aliphatic carbocycles. The van der Waals surface area contributed by atoms with Crippen LogP contribution in [-0.4, -0.2) is 26.2 Å². The van der Waals surface area contributed by atoms with E-state index in [1.54, 1.807) is 13.0 Å². The largest absolute Gasteiger partial charge is 0.396 e. The van der Waals surface area contributed by atoms with Crippen LogP contribution in [0.1, 0.15) is 25.3 Å². The number of hydrogen-bond acceptors (Lipinski definition) is 4. The van der Waals surface area contributed by atoms with E-state index in [4.69, 9.17) is 10.4 Å². The van der Waals surface area contributed by atoms with Gasteiger partial charge in [0.15, 0.2) is 0 Å². The second kappa shape index (κ2) is 6.50. The molecule has 1 unspecified atom stereocenters. The van der Waals surface area contributed by atoms with Crippen LogP contribution in [0.4, 0.5) is 0 Å². The Bertz CT molecular complexity index is 534. The van der Waals surface area contributed by atoms with Crippen LogP contribution in [0.5, 0.6) is 0 Å². The van der Waals surface area contributed by atoms with Gasteiger partial charge in [-0.3, -0.25) is 0 Å². The SMILES string of the molecule is CC(CCCO)NS(=O)(=O)c1cccc(C#N)c1. The molecule has 0 saturated carbocycles. The van der Waals surface area contributed by atoms with Crippen LogP contribution in [0.2, 0.25) is 0 Å². The van der Waals surface area contributed by atoms with Crippen LogP contribution in [0.25, 0.3) is 0 Å². The van der Waals surface area contributed by atoms with Gasteiger partial charge in [0.2, 0.25) is 10.0 Å². The van der Waals surface area contributed by atoms with Crippen molar-refractivity contribution < 1.29 is 13.5 Å². The number of nitrogens with one attached hydrogen (secondary N) is 1. The average molecular weight is 268 g/mol. The first-order chi connectivity index (χ1) is 8.49. The van der Waals surface area contributed by atoms with Gasteiger partial charge in [-0.1, -0.05) is 6.07 Å². The Balaban J connectivity index is 2.83. The van der Waals surface area contributed by atoms with Crippen LogP contribution in [0, 0.1) is 11.3 Å². The van der Waals surface area contributed by atoms with Gasteiger partial charge in [0.25, 0.3) is 0 Å². The second-order valence-electron chi connectivity index (χ2n) is 4.03. The molecule has 0 saturated heterocycles. The number of hydrogen-bond donors (Lipinski definition) is 2. The summed E-state index contributed by atoms with van der Waals surface area (Å²) < 4.78 is 26.5. The zero-order valence-corrected chi connectivity index (χ0v) is 10.9. The van der Waals surface area contributed by atoms with Crippen molar-refractivity contribution >= 4 is 10.0 Å². The van der Waals surface area contributed by atoms with Crippen molar-refractivity contribution in [2.45, 2.75) is 30.7 Å². The fraction of sp³-hybridized carbons (Fsp3) is 0.417. The monoisotopic (exact) mass is 268 g/mol. The van der Waals surface area contributed by atoms with E-state index in [0.717, 1.165) is 0 Å². The summed E-state index contributed by atoms with van der Waals surface area (Å²) in [7, 11) is -3.61. The normalized spacial score (nSPS) is 12.9. The standard InChI is InChI=1S/C12H16N2O3S/c1-10(4-3-7-15)14-18(16,17)12-6-2-5-11(8-12)9-13/h2,5-6,8,10,14-15H,3-4,7H2,1H3. The molecule has 2 N–H and O–H groups in total. The summed E-state index contributed by atoms with van der Waals surface area (Å²) >= 11 is 0. The van der Waals surface area contributed by atoms with Crippen molar-refractivity contribution in [2.24, 2.45) is 0 Å². The lowest BCUT2D eigenvalue weighted by molar-refractivity contribution is 0.279. The molecule has 0 spiro atoms. The Hall–Kier alpha value is -1.42. The predicted octanol–water partition coefficient (Wildman–Crippen LogP) is 0.998. The molecule has 0 amide bonds. The predicted molar refractivity (Wildman–Crippen MR) is 67.3 cm³/mol. The molecule has 18 heavy (non-hydrogen) atoms. The van der Waals surface area contributed by atoms with E-state index in [0.29, 0.717) is 18.4 Å². The highest BCUT2D eigenvalue weighted by molar-refractivity contribution is 7.89. The lowest BCUT2D eigenvalue weighted by Gasteiger charge is -2.13. The molecule has 1 aromatic carbocycles. The zero-order valence-electron chi connectivity index (χ0n) is 10.1. The van der Waals surface area contributed by atoms with E-state index in [2.05, 4.69) is 4.72 Å². The lowest BCUT2D eigenvalue weighted by atomic mass is 10.2. The average Bonchev–Trinajstić information content (AvgIpc) is 2.36. The van der Waals surface area contributed by atoms with E-state index in [1.807, 2.05) is 6.07 Å². The van der Waals surface area contributed by atoms with Gasteiger partial charge in [0.05, 0.1) is 16.5 Å². The van der Waals surface area contributed by atoms with Gasteiger partial charge in [-0.15, -0.1) is 0 Å². The van der Waals surface area contributed by atoms with E-state index in [1.165, 1.54) is 18.2 Å². The maximum absolute atomic E-state index is 12.0. The third-order valence-electron chi connectivity index (χ3n) is 2.43. The molecule has 0 aliphatic rings. The van der Waals surface area contributed by atoms with Crippen molar-refractivity contribution in [3.8, 4) is 6.07 Å². The van der Waals surface area contributed by atoms with E-state index >= 15 is 0 Å². The number of nitrogens with zero attached hydrogens (tertiary/aromatic N) is 1. The van der Waals surface area contributed by atoms with Crippen LogP contribution < -0.4 is 4.72 Å². The molecule has 0 bridgehead atoms. The van der Waals surface area contributed by atoms with Gasteiger partial charge in [-0.05, 0) is 38.0 Å². The summed E-state index contributed by atoms with van der Waals surface area (Å²) in [4.78, 5) is 0.0809. The minimum absolute atomic E-state index is 0.0377. The van der Waals surface area contributed by atoms with Gasteiger partial charge >= 0.3 is 0 Å². The third-order valence-corrected chi connectivity index (χ3v) is 4.01. The first kappa shape index (κ1) is 14.6. The third kappa shape index (κ3) is 4.11. The van der Waals surface area contributed by atoms with Gasteiger partial charge in [0.1, 0.15) is 0 Å². The Morgan fingerprint density at radius 1 is 1.50 bits per heavy atom. The summed E-state index contributed by atoms with van der Waals surface area (Å²) in [6.45, 7) is 1.78. The fourth-order valence-electron chi connectivity index (χ4n) is 1.52. The summed E-state index contributed by atoms with van der Waals surface area (Å²) in [5.41, 5.74) is 0.306. The quantitative estimate of drug-likeness (QED) is 0.805. The lowest BCUT2D eigenvalue weighted by Crippen LogP contribution is -2.32. The molecule has 0 fully saturated rings. The summed E-state index contributed by atoms with van der Waals surface area (Å²) in [6.07, 6.45) is 1.11. The maximum Gasteiger partial charge on any atom is 0.240 e. The summed E-state index contributed by atoms with van der Waals surface area (Å²) in [5, 5.41) is 17.4. The molecule has 0 aliphatic heterocycles. The van der Waals surface area contributed by atoms with E-state index < -0.39 is 10.0 Å². The first-order valence-electron chi connectivity index (χ1n) is 5.63. The zero-order chi connectivity index (χ0) is 13.6. The van der Waals surface area contributed by atoms with Crippen LogP contribution in [0.3, 0.4) is 0 Å². The molecular weight excluding hydrogens is 252 g/mol. The van der Waals surface area contributed by atoms with Crippen molar-refractivity contribution in [3.63, 3.8) is 0 Å². The molecule has 6 heteroatoms. The van der Waals surface area contributed by atoms with Crippen molar-refractivity contribution in [2.75, 3.05) is 6.61 Å². The smallest absolute Gasteiger partial charge is 0.240 e. The minimum Gasteiger partial charge on any atom is -0.396 e. The Morgan fingerprint density at radius 2 is 2.22 bits per heavy atom. The van der Waals surface area contributed by atoms with Gasteiger partial charge in [-0.25, -0.2) is 13.1 Å². The molecule has 0 aromatic heterocycles. The molecule has 1 rings (SSSR count). The number of nitriles is 1. The molecule has 0 heterocycles. The topological polar surface area (TPSA) is 90.2 Å². The van der Waals surface area contributed by atoms with Crippen molar-refractivity contribution in [3.05, 3.63) is 29.8 Å². The molecule has 1 aromatic rings. The minimum atomic E-state index is -3.61. The number of aliphatic hydroxyl groups is 1. The molecule has 98 valence electrons. The highest BCUT2D eigenvalue weighted by Gasteiger charge is 2.17. The number of sulfonamides is 1.